The summed E-state index contributed by atoms with van der Waals surface area (Å²) in [7, 11) is 2.22. The van der Waals surface area contributed by atoms with Crippen molar-refractivity contribution in [3.8, 4) is 0 Å². The number of anilines is 3. The molecule has 1 atom stereocenters. The molecule has 0 saturated heterocycles. The zero-order valence-corrected chi connectivity index (χ0v) is 14.0. The van der Waals surface area contributed by atoms with Gasteiger partial charge in [0, 0.05) is 19.2 Å². The van der Waals surface area contributed by atoms with Crippen molar-refractivity contribution in [3.05, 3.63) is 89.0 Å². The number of nitrogens with zero attached hydrogens (tertiary/aromatic N) is 2. The van der Waals surface area contributed by atoms with E-state index in [1.165, 1.54) is 39.3 Å². The molecule has 0 aliphatic carbocycles. The first-order valence-corrected chi connectivity index (χ1v) is 8.53. The Bertz CT molecular complexity index is 944. The Kier molecular flexibility index (Phi) is 2.78. The van der Waals surface area contributed by atoms with Gasteiger partial charge in [-0.15, -0.1) is 0 Å². The van der Waals surface area contributed by atoms with Crippen LogP contribution in [0.2, 0.25) is 0 Å². The van der Waals surface area contributed by atoms with Crippen LogP contribution >= 0.6 is 0 Å². The van der Waals surface area contributed by atoms with Crippen molar-refractivity contribution in [1.29, 1.82) is 0 Å². The van der Waals surface area contributed by atoms with Gasteiger partial charge in [0.2, 0.25) is 0 Å². The molecule has 1 unspecified atom stereocenters. The van der Waals surface area contributed by atoms with Crippen molar-refractivity contribution in [1.82, 2.24) is 0 Å². The summed E-state index contributed by atoms with van der Waals surface area (Å²) >= 11 is 0. The van der Waals surface area contributed by atoms with Gasteiger partial charge in [-0.2, -0.15) is 0 Å². The molecular weight excluding hydrogens is 292 g/mol. The SMILES string of the molecule is Cc1ccccc1C1N(C)c2cccc3c2N1c1ccccc1C3. The summed E-state index contributed by atoms with van der Waals surface area (Å²) in [5.41, 5.74) is 9.60. The predicted octanol–water partition coefficient (Wildman–Crippen LogP) is 5.19. The van der Waals surface area contributed by atoms with Gasteiger partial charge in [-0.3, -0.25) is 0 Å². The molecule has 2 heteroatoms. The Morgan fingerprint density at radius 1 is 0.792 bits per heavy atom. The molecule has 0 spiro atoms. The molecule has 24 heavy (non-hydrogen) atoms. The van der Waals surface area contributed by atoms with Crippen LogP contribution in [0.15, 0.2) is 66.7 Å². The lowest BCUT2D eigenvalue weighted by Gasteiger charge is -2.36. The Morgan fingerprint density at radius 3 is 2.38 bits per heavy atom. The number of para-hydroxylation sites is 2. The smallest absolute Gasteiger partial charge is 0.133 e. The molecular formula is C22H20N2. The second-order valence-corrected chi connectivity index (χ2v) is 6.80. The van der Waals surface area contributed by atoms with Gasteiger partial charge in [-0.25, -0.2) is 0 Å². The van der Waals surface area contributed by atoms with Gasteiger partial charge in [0.05, 0.1) is 11.4 Å². The van der Waals surface area contributed by atoms with Crippen molar-refractivity contribution in [2.75, 3.05) is 16.8 Å². The minimum absolute atomic E-state index is 0.212. The molecule has 2 aliphatic rings. The summed E-state index contributed by atoms with van der Waals surface area (Å²) in [5, 5.41) is 0. The standard InChI is InChI=1S/C22H20N2/c1-15-8-3-5-11-18(15)22-23(2)20-13-7-10-17-14-16-9-4-6-12-19(16)24(22)21(17)20/h3-13,22H,14H2,1-2H3. The minimum Gasteiger partial charge on any atom is -0.348 e. The number of rotatable bonds is 1. The summed E-state index contributed by atoms with van der Waals surface area (Å²) in [6.45, 7) is 2.21. The molecule has 2 nitrogen and oxygen atoms in total. The van der Waals surface area contributed by atoms with E-state index in [0.717, 1.165) is 6.42 Å². The third-order valence-electron chi connectivity index (χ3n) is 5.43. The quantitative estimate of drug-likeness (QED) is 0.610. The number of aryl methyl sites for hydroxylation is 1. The summed E-state index contributed by atoms with van der Waals surface area (Å²) in [5.74, 6) is 0. The zero-order valence-electron chi connectivity index (χ0n) is 14.0. The van der Waals surface area contributed by atoms with Gasteiger partial charge in [-0.1, -0.05) is 54.6 Å². The van der Waals surface area contributed by atoms with Gasteiger partial charge in [-0.05, 0) is 41.3 Å². The van der Waals surface area contributed by atoms with Crippen LogP contribution in [0.25, 0.3) is 0 Å². The highest BCUT2D eigenvalue weighted by atomic mass is 15.4. The van der Waals surface area contributed by atoms with E-state index >= 15 is 0 Å². The maximum Gasteiger partial charge on any atom is 0.133 e. The normalized spacial score (nSPS) is 17.7. The van der Waals surface area contributed by atoms with Gasteiger partial charge < -0.3 is 9.80 Å². The maximum atomic E-state index is 2.53. The highest BCUT2D eigenvalue weighted by Gasteiger charge is 2.40. The van der Waals surface area contributed by atoms with Gasteiger partial charge in [0.1, 0.15) is 6.17 Å². The lowest BCUT2D eigenvalue weighted by atomic mass is 9.95. The van der Waals surface area contributed by atoms with Crippen LogP contribution in [0.1, 0.15) is 28.4 Å². The molecule has 3 aromatic rings. The van der Waals surface area contributed by atoms with E-state index in [4.69, 9.17) is 0 Å². The molecule has 118 valence electrons. The molecule has 5 rings (SSSR count). The molecule has 0 aromatic heterocycles. The van der Waals surface area contributed by atoms with Crippen LogP contribution in [0.3, 0.4) is 0 Å². The van der Waals surface area contributed by atoms with Crippen molar-refractivity contribution < 1.29 is 0 Å². The van der Waals surface area contributed by atoms with Crippen molar-refractivity contribution >= 4 is 17.1 Å². The van der Waals surface area contributed by atoms with Crippen LogP contribution in [-0.4, -0.2) is 7.05 Å². The highest BCUT2D eigenvalue weighted by molar-refractivity contribution is 5.90. The molecule has 0 amide bonds. The Balaban J connectivity index is 1.80. The largest absolute Gasteiger partial charge is 0.348 e. The molecule has 0 saturated carbocycles. The third kappa shape index (κ3) is 1.71. The molecule has 0 bridgehead atoms. The molecule has 0 N–H and O–H groups in total. The molecule has 2 heterocycles. The monoisotopic (exact) mass is 312 g/mol. The zero-order chi connectivity index (χ0) is 16.3. The number of hydrogen-bond donors (Lipinski definition) is 0. The summed E-state index contributed by atoms with van der Waals surface area (Å²) < 4.78 is 0. The van der Waals surface area contributed by atoms with E-state index in [-0.39, 0.29) is 6.17 Å². The molecule has 3 aromatic carbocycles. The molecule has 2 aliphatic heterocycles. The topological polar surface area (TPSA) is 6.48 Å². The lowest BCUT2D eigenvalue weighted by molar-refractivity contribution is 0.707. The van der Waals surface area contributed by atoms with E-state index in [1.54, 1.807) is 0 Å². The molecule has 0 radical (unpaired) electrons. The summed E-state index contributed by atoms with van der Waals surface area (Å²) in [6, 6.07) is 24.3. The van der Waals surface area contributed by atoms with Crippen LogP contribution < -0.4 is 9.80 Å². The fourth-order valence-electron chi connectivity index (χ4n) is 4.29. The van der Waals surface area contributed by atoms with Crippen LogP contribution in [0.5, 0.6) is 0 Å². The first-order chi connectivity index (χ1) is 11.8. The van der Waals surface area contributed by atoms with Gasteiger partial charge >= 0.3 is 0 Å². The Morgan fingerprint density at radius 2 is 1.50 bits per heavy atom. The highest BCUT2D eigenvalue weighted by Crippen LogP contribution is 2.55. The van der Waals surface area contributed by atoms with Crippen LogP contribution in [0, 0.1) is 6.92 Å². The van der Waals surface area contributed by atoms with Crippen molar-refractivity contribution in [2.24, 2.45) is 0 Å². The maximum absolute atomic E-state index is 2.53. The van der Waals surface area contributed by atoms with E-state index in [0.29, 0.717) is 0 Å². The van der Waals surface area contributed by atoms with E-state index in [1.807, 2.05) is 0 Å². The number of hydrogen-bond acceptors (Lipinski definition) is 2. The summed E-state index contributed by atoms with van der Waals surface area (Å²) in [6.07, 6.45) is 1.23. The average Bonchev–Trinajstić information content (AvgIpc) is 2.91. The fourth-order valence-corrected chi connectivity index (χ4v) is 4.29. The van der Waals surface area contributed by atoms with Crippen LogP contribution in [-0.2, 0) is 6.42 Å². The second-order valence-electron chi connectivity index (χ2n) is 6.80. The fraction of sp³-hybridized carbons (Fsp3) is 0.182. The first kappa shape index (κ1) is 13.7. The third-order valence-corrected chi connectivity index (χ3v) is 5.43. The Hall–Kier alpha value is -2.74. The summed E-state index contributed by atoms with van der Waals surface area (Å²) in [4.78, 5) is 4.95. The van der Waals surface area contributed by atoms with E-state index < -0.39 is 0 Å². The van der Waals surface area contributed by atoms with Crippen LogP contribution in [0.4, 0.5) is 17.1 Å². The number of fused-ring (bicyclic) bond motifs is 2. The first-order valence-electron chi connectivity index (χ1n) is 8.53. The number of benzene rings is 3. The van der Waals surface area contributed by atoms with E-state index in [9.17, 15) is 0 Å². The van der Waals surface area contributed by atoms with Crippen molar-refractivity contribution in [3.63, 3.8) is 0 Å². The Labute approximate surface area is 143 Å². The lowest BCUT2D eigenvalue weighted by Crippen LogP contribution is -2.32. The minimum atomic E-state index is 0.212. The van der Waals surface area contributed by atoms with Gasteiger partial charge in [0.15, 0.2) is 0 Å². The predicted molar refractivity (Wildman–Crippen MR) is 100 cm³/mol. The molecule has 0 fully saturated rings. The van der Waals surface area contributed by atoms with E-state index in [2.05, 4.69) is 90.5 Å². The average molecular weight is 312 g/mol. The van der Waals surface area contributed by atoms with Gasteiger partial charge in [0.25, 0.3) is 0 Å². The van der Waals surface area contributed by atoms with Crippen molar-refractivity contribution in [2.45, 2.75) is 19.5 Å². The second kappa shape index (κ2) is 4.88.